The number of halogens is 2. The van der Waals surface area contributed by atoms with E-state index in [2.05, 4.69) is 35.3 Å². The molecule has 0 saturated carbocycles. The molecule has 0 bridgehead atoms. The predicted molar refractivity (Wildman–Crippen MR) is 96.4 cm³/mol. The van der Waals surface area contributed by atoms with Crippen LogP contribution in [0, 0.1) is 0 Å². The topological polar surface area (TPSA) is 15.3 Å². The summed E-state index contributed by atoms with van der Waals surface area (Å²) >= 11 is 14.5. The molecule has 1 N–H and O–H groups in total. The maximum Gasteiger partial charge on any atom is 0.0711 e. The third-order valence-corrected chi connectivity index (χ3v) is 5.92. The SMILES string of the molecule is CCc1ccc(C(c2ccc(Cl)cc2Cl)N2CCNCC2)s1. The minimum Gasteiger partial charge on any atom is -0.314 e. The Labute approximate surface area is 146 Å². The number of nitrogens with zero attached hydrogens (tertiary/aromatic N) is 1. The van der Waals surface area contributed by atoms with Crippen LogP contribution in [0.1, 0.15) is 28.3 Å². The maximum atomic E-state index is 6.51. The number of hydrogen-bond acceptors (Lipinski definition) is 3. The van der Waals surface area contributed by atoms with Gasteiger partial charge in [0.05, 0.1) is 6.04 Å². The lowest BCUT2D eigenvalue weighted by Gasteiger charge is -2.35. The molecule has 3 rings (SSSR count). The lowest BCUT2D eigenvalue weighted by Crippen LogP contribution is -2.45. The van der Waals surface area contributed by atoms with Crippen LogP contribution in [0.2, 0.25) is 10.0 Å². The highest BCUT2D eigenvalue weighted by Crippen LogP contribution is 2.38. The van der Waals surface area contributed by atoms with Crippen LogP contribution in [-0.4, -0.2) is 31.1 Å². The van der Waals surface area contributed by atoms with Crippen molar-refractivity contribution in [1.82, 2.24) is 10.2 Å². The van der Waals surface area contributed by atoms with Crippen molar-refractivity contribution in [3.8, 4) is 0 Å². The number of hydrogen-bond donors (Lipinski definition) is 1. The number of rotatable bonds is 4. The van der Waals surface area contributed by atoms with E-state index in [1.54, 1.807) is 0 Å². The Kier molecular flexibility index (Phi) is 5.42. The van der Waals surface area contributed by atoms with Gasteiger partial charge in [-0.25, -0.2) is 0 Å². The summed E-state index contributed by atoms with van der Waals surface area (Å²) in [5, 5.41) is 4.86. The molecule has 2 heterocycles. The fourth-order valence-corrected chi connectivity index (χ4v) is 4.54. The lowest BCUT2D eigenvalue weighted by atomic mass is 10.0. The number of aryl methyl sites for hydroxylation is 1. The smallest absolute Gasteiger partial charge is 0.0711 e. The third kappa shape index (κ3) is 3.50. The number of nitrogens with one attached hydrogen (secondary N) is 1. The molecule has 1 saturated heterocycles. The van der Waals surface area contributed by atoms with Crippen LogP contribution in [0.15, 0.2) is 30.3 Å². The minimum absolute atomic E-state index is 0.220. The van der Waals surface area contributed by atoms with Gasteiger partial charge in [0.2, 0.25) is 0 Å². The minimum atomic E-state index is 0.220. The second-order valence-electron chi connectivity index (χ2n) is 5.51. The molecule has 0 radical (unpaired) electrons. The van der Waals surface area contributed by atoms with E-state index in [-0.39, 0.29) is 6.04 Å². The van der Waals surface area contributed by atoms with E-state index in [0.29, 0.717) is 5.02 Å². The zero-order valence-corrected chi connectivity index (χ0v) is 14.9. The summed E-state index contributed by atoms with van der Waals surface area (Å²) in [6, 6.07) is 10.6. The first kappa shape index (κ1) is 16.3. The third-order valence-electron chi connectivity index (χ3n) is 4.07. The zero-order valence-electron chi connectivity index (χ0n) is 12.6. The maximum absolute atomic E-state index is 6.51. The number of thiophene rings is 1. The van der Waals surface area contributed by atoms with E-state index < -0.39 is 0 Å². The first-order chi connectivity index (χ1) is 10.7. The Hall–Kier alpha value is -0.580. The first-order valence-corrected chi connectivity index (χ1v) is 9.24. The fourth-order valence-electron chi connectivity index (χ4n) is 2.92. The molecule has 2 nitrogen and oxygen atoms in total. The van der Waals surface area contributed by atoms with Gasteiger partial charge in [-0.2, -0.15) is 0 Å². The standard InChI is InChI=1S/C17H20Cl2N2S/c1-2-13-4-6-16(22-13)17(21-9-7-20-8-10-21)14-5-3-12(18)11-15(14)19/h3-6,11,17,20H,2,7-10H2,1H3. The van der Waals surface area contributed by atoms with Gasteiger partial charge in [-0.05, 0) is 36.2 Å². The predicted octanol–water partition coefficient (Wildman–Crippen LogP) is 4.61. The van der Waals surface area contributed by atoms with Crippen molar-refractivity contribution in [2.75, 3.05) is 26.2 Å². The Balaban J connectivity index is 2.01. The number of benzene rings is 1. The summed E-state index contributed by atoms with van der Waals surface area (Å²) in [7, 11) is 0. The van der Waals surface area contributed by atoms with Gasteiger partial charge in [-0.1, -0.05) is 36.2 Å². The molecule has 1 aliphatic heterocycles. The quantitative estimate of drug-likeness (QED) is 0.862. The van der Waals surface area contributed by atoms with Gasteiger partial charge in [0, 0.05) is 46.0 Å². The summed E-state index contributed by atoms with van der Waals surface area (Å²) in [5.74, 6) is 0. The molecule has 5 heteroatoms. The molecule has 1 aliphatic rings. The Morgan fingerprint density at radius 3 is 2.59 bits per heavy atom. The van der Waals surface area contributed by atoms with Gasteiger partial charge in [-0.3, -0.25) is 4.90 Å². The molecule has 118 valence electrons. The molecule has 1 fully saturated rings. The Bertz CT molecular complexity index is 635. The number of piperazine rings is 1. The van der Waals surface area contributed by atoms with Crippen LogP contribution in [0.25, 0.3) is 0 Å². The van der Waals surface area contributed by atoms with Crippen LogP contribution in [0.5, 0.6) is 0 Å². The van der Waals surface area contributed by atoms with E-state index in [1.807, 2.05) is 23.5 Å². The summed E-state index contributed by atoms with van der Waals surface area (Å²) in [6.07, 6.45) is 1.08. The van der Waals surface area contributed by atoms with Crippen molar-refractivity contribution in [2.24, 2.45) is 0 Å². The average Bonchev–Trinajstić information content (AvgIpc) is 2.99. The normalized spacial score (nSPS) is 17.6. The fraction of sp³-hybridized carbons (Fsp3) is 0.412. The molecule has 1 aromatic carbocycles. The van der Waals surface area contributed by atoms with Crippen molar-refractivity contribution in [3.05, 3.63) is 55.7 Å². The second-order valence-corrected chi connectivity index (χ2v) is 7.56. The average molecular weight is 355 g/mol. The molecule has 0 aliphatic carbocycles. The highest BCUT2D eigenvalue weighted by molar-refractivity contribution is 7.12. The second kappa shape index (κ2) is 7.33. The zero-order chi connectivity index (χ0) is 15.5. The molecular formula is C17H20Cl2N2S. The molecule has 2 aromatic rings. The van der Waals surface area contributed by atoms with Gasteiger partial charge >= 0.3 is 0 Å². The van der Waals surface area contributed by atoms with Crippen LogP contribution < -0.4 is 5.32 Å². The van der Waals surface area contributed by atoms with Crippen LogP contribution in [0.3, 0.4) is 0 Å². The highest BCUT2D eigenvalue weighted by Gasteiger charge is 2.27. The molecule has 1 unspecified atom stereocenters. The highest BCUT2D eigenvalue weighted by atomic mass is 35.5. The van der Waals surface area contributed by atoms with E-state index in [1.165, 1.54) is 9.75 Å². The summed E-state index contributed by atoms with van der Waals surface area (Å²) in [6.45, 7) is 6.30. The Morgan fingerprint density at radius 2 is 1.95 bits per heavy atom. The molecular weight excluding hydrogens is 335 g/mol. The van der Waals surface area contributed by atoms with Gasteiger partial charge in [-0.15, -0.1) is 11.3 Å². The van der Waals surface area contributed by atoms with Crippen molar-refractivity contribution in [3.63, 3.8) is 0 Å². The molecule has 22 heavy (non-hydrogen) atoms. The summed E-state index contributed by atoms with van der Waals surface area (Å²) < 4.78 is 0. The van der Waals surface area contributed by atoms with Crippen molar-refractivity contribution >= 4 is 34.5 Å². The monoisotopic (exact) mass is 354 g/mol. The van der Waals surface area contributed by atoms with Crippen molar-refractivity contribution in [1.29, 1.82) is 0 Å². The summed E-state index contributed by atoms with van der Waals surface area (Å²) in [4.78, 5) is 5.29. The lowest BCUT2D eigenvalue weighted by molar-refractivity contribution is 0.201. The molecule has 0 amide bonds. The van der Waals surface area contributed by atoms with E-state index in [0.717, 1.165) is 43.2 Å². The Morgan fingerprint density at radius 1 is 1.18 bits per heavy atom. The van der Waals surface area contributed by atoms with Crippen molar-refractivity contribution in [2.45, 2.75) is 19.4 Å². The van der Waals surface area contributed by atoms with E-state index in [4.69, 9.17) is 23.2 Å². The summed E-state index contributed by atoms with van der Waals surface area (Å²) in [5.41, 5.74) is 1.15. The molecule has 1 aromatic heterocycles. The van der Waals surface area contributed by atoms with Gasteiger partial charge in [0.15, 0.2) is 0 Å². The van der Waals surface area contributed by atoms with Crippen LogP contribution in [-0.2, 0) is 6.42 Å². The van der Waals surface area contributed by atoms with Crippen molar-refractivity contribution < 1.29 is 0 Å². The first-order valence-electron chi connectivity index (χ1n) is 7.67. The van der Waals surface area contributed by atoms with Gasteiger partial charge in [0.1, 0.15) is 0 Å². The van der Waals surface area contributed by atoms with Crippen LogP contribution >= 0.6 is 34.5 Å². The van der Waals surface area contributed by atoms with Gasteiger partial charge in [0.25, 0.3) is 0 Å². The molecule has 0 spiro atoms. The van der Waals surface area contributed by atoms with E-state index >= 15 is 0 Å². The van der Waals surface area contributed by atoms with Gasteiger partial charge < -0.3 is 5.32 Å². The molecule has 1 atom stereocenters. The van der Waals surface area contributed by atoms with Crippen LogP contribution in [0.4, 0.5) is 0 Å². The largest absolute Gasteiger partial charge is 0.314 e. The van der Waals surface area contributed by atoms with E-state index in [9.17, 15) is 0 Å².